The molecule has 4 rings (SSSR count). The quantitative estimate of drug-likeness (QED) is 0.320. The number of benzene rings is 2. The molecular formula is C24H17ClF2N2O5. The van der Waals surface area contributed by atoms with Crippen LogP contribution in [0, 0.1) is 11.6 Å². The van der Waals surface area contributed by atoms with Crippen LogP contribution in [0.3, 0.4) is 0 Å². The minimum atomic E-state index is -1.20. The normalized spacial score (nSPS) is 17.2. The van der Waals surface area contributed by atoms with Crippen molar-refractivity contribution in [1.29, 1.82) is 0 Å². The van der Waals surface area contributed by atoms with Gasteiger partial charge < -0.3 is 14.6 Å². The summed E-state index contributed by atoms with van der Waals surface area (Å²) in [6, 6.07) is 7.48. The molecule has 1 fully saturated rings. The Morgan fingerprint density at radius 2 is 1.68 bits per heavy atom. The van der Waals surface area contributed by atoms with Crippen molar-refractivity contribution >= 4 is 34.7 Å². The number of aliphatic hydroxyl groups is 1. The minimum Gasteiger partial charge on any atom is -0.507 e. The Bertz CT molecular complexity index is 1330. The Kier molecular flexibility index (Phi) is 6.21. The molecule has 2 aromatic carbocycles. The first kappa shape index (κ1) is 23.2. The Balaban J connectivity index is 1.98. The molecule has 1 N–H and O–H groups in total. The third-order valence-corrected chi connectivity index (χ3v) is 5.67. The minimum absolute atomic E-state index is 0.0376. The van der Waals surface area contributed by atoms with E-state index in [4.69, 9.17) is 21.1 Å². The second kappa shape index (κ2) is 9.11. The van der Waals surface area contributed by atoms with Crippen LogP contribution in [-0.4, -0.2) is 36.0 Å². The summed E-state index contributed by atoms with van der Waals surface area (Å²) in [6.07, 6.45) is 2.87. The second-order valence-corrected chi connectivity index (χ2v) is 7.64. The molecule has 1 aromatic heterocycles. The van der Waals surface area contributed by atoms with E-state index in [0.717, 1.165) is 17.0 Å². The van der Waals surface area contributed by atoms with Crippen LogP contribution in [0.1, 0.15) is 17.2 Å². The highest BCUT2D eigenvalue weighted by Gasteiger charge is 2.47. The van der Waals surface area contributed by atoms with Crippen molar-refractivity contribution in [3.8, 4) is 11.5 Å². The fourth-order valence-corrected chi connectivity index (χ4v) is 4.03. The summed E-state index contributed by atoms with van der Waals surface area (Å²) in [4.78, 5) is 31.2. The van der Waals surface area contributed by atoms with Gasteiger partial charge in [0, 0.05) is 30.2 Å². The fraction of sp³-hybridized carbons (Fsp3) is 0.125. The van der Waals surface area contributed by atoms with Gasteiger partial charge in [0.05, 0.1) is 36.4 Å². The Morgan fingerprint density at radius 1 is 1.00 bits per heavy atom. The highest BCUT2D eigenvalue weighted by Crippen LogP contribution is 2.44. The smallest absolute Gasteiger partial charge is 0.300 e. The highest BCUT2D eigenvalue weighted by atomic mass is 35.5. The van der Waals surface area contributed by atoms with Crippen LogP contribution in [0.15, 0.2) is 60.4 Å². The molecule has 0 spiro atoms. The zero-order valence-electron chi connectivity index (χ0n) is 17.9. The van der Waals surface area contributed by atoms with E-state index in [0.29, 0.717) is 5.56 Å². The molecular weight excluding hydrogens is 470 g/mol. The van der Waals surface area contributed by atoms with Crippen LogP contribution in [0.5, 0.6) is 11.5 Å². The van der Waals surface area contributed by atoms with Gasteiger partial charge in [-0.25, -0.2) is 8.78 Å². The Morgan fingerprint density at radius 3 is 2.29 bits per heavy atom. The third kappa shape index (κ3) is 3.84. The van der Waals surface area contributed by atoms with Gasteiger partial charge in [-0.1, -0.05) is 11.6 Å². The number of carbonyl (C=O) groups is 2. The Labute approximate surface area is 197 Å². The maximum atomic E-state index is 14.0. The average Bonchev–Trinajstić information content (AvgIpc) is 3.11. The number of halogens is 3. The lowest BCUT2D eigenvalue weighted by atomic mass is 9.95. The van der Waals surface area contributed by atoms with E-state index in [1.54, 1.807) is 0 Å². The first-order valence-corrected chi connectivity index (χ1v) is 10.2. The lowest BCUT2D eigenvalue weighted by molar-refractivity contribution is -0.132. The molecule has 7 nitrogen and oxygen atoms in total. The summed E-state index contributed by atoms with van der Waals surface area (Å²) in [5.41, 5.74) is 0.0803. The van der Waals surface area contributed by atoms with Crippen molar-refractivity contribution in [2.24, 2.45) is 0 Å². The van der Waals surface area contributed by atoms with Gasteiger partial charge in [0.1, 0.15) is 17.3 Å². The molecule has 1 atom stereocenters. The van der Waals surface area contributed by atoms with E-state index in [1.807, 2.05) is 0 Å². The van der Waals surface area contributed by atoms with E-state index in [9.17, 15) is 23.5 Å². The predicted octanol–water partition coefficient (Wildman–Crippen LogP) is 4.66. The molecule has 10 heteroatoms. The highest BCUT2D eigenvalue weighted by molar-refractivity contribution is 6.51. The molecule has 1 unspecified atom stereocenters. The number of Topliss-reactive ketones (excluding diaryl/α,β-unsaturated/α-hetero) is 1. The van der Waals surface area contributed by atoms with Gasteiger partial charge in [0.15, 0.2) is 11.6 Å². The topological polar surface area (TPSA) is 89.0 Å². The number of hydrogen-bond acceptors (Lipinski definition) is 6. The van der Waals surface area contributed by atoms with Crippen LogP contribution in [0.4, 0.5) is 14.5 Å². The van der Waals surface area contributed by atoms with Gasteiger partial charge in [0.25, 0.3) is 11.7 Å². The number of carbonyl (C=O) groups excluding carboxylic acids is 2. The lowest BCUT2D eigenvalue weighted by Crippen LogP contribution is -2.29. The molecule has 0 saturated carbocycles. The van der Waals surface area contributed by atoms with Crippen molar-refractivity contribution in [3.05, 3.63) is 88.2 Å². The number of methoxy groups -OCH3 is 2. The number of hydrogen-bond donors (Lipinski definition) is 1. The summed E-state index contributed by atoms with van der Waals surface area (Å²) in [6.45, 7) is 0. The SMILES string of the molecule is COc1cc(OC)c(/C(O)=C2\C(=O)C(=O)N(c3ccc(F)c(F)c3)C2c2ccncc2)cc1Cl. The van der Waals surface area contributed by atoms with E-state index in [1.165, 1.54) is 56.9 Å². The molecule has 0 aliphatic carbocycles. The number of ether oxygens (including phenoxy) is 2. The summed E-state index contributed by atoms with van der Waals surface area (Å²) in [5, 5.41) is 11.4. The maximum Gasteiger partial charge on any atom is 0.300 e. The van der Waals surface area contributed by atoms with Gasteiger partial charge in [0.2, 0.25) is 0 Å². The number of amides is 1. The number of ketones is 1. The van der Waals surface area contributed by atoms with Crippen molar-refractivity contribution in [2.75, 3.05) is 19.1 Å². The first-order valence-electron chi connectivity index (χ1n) is 9.86. The van der Waals surface area contributed by atoms with Crippen LogP contribution < -0.4 is 14.4 Å². The summed E-state index contributed by atoms with van der Waals surface area (Å²) in [5.74, 6) is -4.54. The monoisotopic (exact) mass is 486 g/mol. The largest absolute Gasteiger partial charge is 0.507 e. The van der Waals surface area contributed by atoms with Crippen LogP contribution in [-0.2, 0) is 9.59 Å². The molecule has 1 saturated heterocycles. The van der Waals surface area contributed by atoms with Crippen LogP contribution in [0.2, 0.25) is 5.02 Å². The van der Waals surface area contributed by atoms with E-state index in [2.05, 4.69) is 4.98 Å². The number of aromatic nitrogens is 1. The average molecular weight is 487 g/mol. The molecule has 3 aromatic rings. The molecule has 34 heavy (non-hydrogen) atoms. The van der Waals surface area contributed by atoms with E-state index >= 15 is 0 Å². The lowest BCUT2D eigenvalue weighted by Gasteiger charge is -2.25. The van der Waals surface area contributed by atoms with Gasteiger partial charge in [-0.3, -0.25) is 19.5 Å². The van der Waals surface area contributed by atoms with Crippen LogP contribution in [0.25, 0.3) is 5.76 Å². The van der Waals surface area contributed by atoms with Crippen molar-refractivity contribution in [3.63, 3.8) is 0 Å². The number of anilines is 1. The third-order valence-electron chi connectivity index (χ3n) is 5.38. The van der Waals surface area contributed by atoms with E-state index < -0.39 is 35.1 Å². The zero-order valence-corrected chi connectivity index (χ0v) is 18.6. The van der Waals surface area contributed by atoms with Crippen LogP contribution >= 0.6 is 11.6 Å². The number of rotatable bonds is 5. The molecule has 2 heterocycles. The molecule has 0 bridgehead atoms. The number of pyridine rings is 1. The Hall–Kier alpha value is -3.98. The second-order valence-electron chi connectivity index (χ2n) is 7.24. The van der Waals surface area contributed by atoms with Crippen molar-refractivity contribution in [2.45, 2.75) is 6.04 Å². The standard InChI is InChI=1S/C24H17ClF2N2O5/c1-33-18-11-19(34-2)15(25)10-14(18)22(30)20-21(12-5-7-28-8-6-12)29(24(32)23(20)31)13-3-4-16(26)17(27)9-13/h3-11,21,30H,1-2H3/b22-20+. The van der Waals surface area contributed by atoms with Crippen molar-refractivity contribution < 1.29 is 33.0 Å². The predicted molar refractivity (Wildman–Crippen MR) is 120 cm³/mol. The van der Waals surface area contributed by atoms with Gasteiger partial charge in [-0.05, 0) is 35.9 Å². The molecule has 1 amide bonds. The van der Waals surface area contributed by atoms with Gasteiger partial charge in [-0.2, -0.15) is 0 Å². The maximum absolute atomic E-state index is 14.0. The molecule has 174 valence electrons. The summed E-state index contributed by atoms with van der Waals surface area (Å²) in [7, 11) is 2.75. The number of nitrogens with zero attached hydrogens (tertiary/aromatic N) is 2. The summed E-state index contributed by atoms with van der Waals surface area (Å²) < 4.78 is 38.0. The van der Waals surface area contributed by atoms with Gasteiger partial charge >= 0.3 is 0 Å². The van der Waals surface area contributed by atoms with Gasteiger partial charge in [-0.15, -0.1) is 0 Å². The zero-order chi connectivity index (χ0) is 24.6. The fourth-order valence-electron chi connectivity index (χ4n) is 3.79. The first-order chi connectivity index (χ1) is 16.3. The molecule has 1 aliphatic rings. The van der Waals surface area contributed by atoms with Crippen molar-refractivity contribution in [1.82, 2.24) is 4.98 Å². The number of aliphatic hydroxyl groups excluding tert-OH is 1. The summed E-state index contributed by atoms with van der Waals surface area (Å²) >= 11 is 6.22. The molecule has 0 radical (unpaired) electrons. The molecule has 1 aliphatic heterocycles. The van der Waals surface area contributed by atoms with E-state index in [-0.39, 0.29) is 33.3 Å².